The van der Waals surface area contributed by atoms with E-state index in [1.54, 1.807) is 17.2 Å². The van der Waals surface area contributed by atoms with E-state index in [4.69, 9.17) is 11.6 Å². The van der Waals surface area contributed by atoms with Crippen LogP contribution < -0.4 is 10.2 Å². The van der Waals surface area contributed by atoms with Gasteiger partial charge in [0.2, 0.25) is 0 Å². The van der Waals surface area contributed by atoms with Crippen LogP contribution in [0.15, 0.2) is 66.9 Å². The monoisotopic (exact) mass is 349 g/mol. The number of benzene rings is 2. The van der Waals surface area contributed by atoms with Crippen molar-refractivity contribution in [3.05, 3.63) is 83.1 Å². The van der Waals surface area contributed by atoms with Gasteiger partial charge in [0.15, 0.2) is 0 Å². The minimum atomic E-state index is -0.0748. The summed E-state index contributed by atoms with van der Waals surface area (Å²) >= 11 is 6.15. The van der Waals surface area contributed by atoms with E-state index in [-0.39, 0.29) is 5.91 Å². The Labute approximate surface area is 151 Å². The molecule has 5 heteroatoms. The molecule has 2 heterocycles. The van der Waals surface area contributed by atoms with E-state index < -0.39 is 0 Å². The van der Waals surface area contributed by atoms with Crippen molar-refractivity contribution in [1.29, 1.82) is 0 Å². The number of aromatic nitrogens is 1. The predicted molar refractivity (Wildman–Crippen MR) is 101 cm³/mol. The Morgan fingerprint density at radius 1 is 1.04 bits per heavy atom. The number of pyridine rings is 1. The third-order valence-electron chi connectivity index (χ3n) is 4.27. The van der Waals surface area contributed by atoms with Crippen LogP contribution in [0, 0.1) is 0 Å². The maximum absolute atomic E-state index is 12.8. The van der Waals surface area contributed by atoms with Crippen molar-refractivity contribution in [2.45, 2.75) is 6.42 Å². The average molecular weight is 350 g/mol. The van der Waals surface area contributed by atoms with Gasteiger partial charge in [-0.25, -0.2) is 4.98 Å². The quantitative estimate of drug-likeness (QED) is 0.746. The first kappa shape index (κ1) is 15.7. The van der Waals surface area contributed by atoms with Crippen molar-refractivity contribution < 1.29 is 4.79 Å². The largest absolute Gasteiger partial charge is 0.353 e. The molecule has 0 atom stereocenters. The molecular formula is C20H16ClN3O. The Balaban J connectivity index is 1.53. The fourth-order valence-corrected chi connectivity index (χ4v) is 3.18. The van der Waals surface area contributed by atoms with Gasteiger partial charge in [-0.05, 0) is 42.3 Å². The van der Waals surface area contributed by atoms with Crippen LogP contribution in [-0.4, -0.2) is 17.4 Å². The lowest BCUT2D eigenvalue weighted by Crippen LogP contribution is -2.29. The summed E-state index contributed by atoms with van der Waals surface area (Å²) in [6.07, 6.45) is 2.53. The van der Waals surface area contributed by atoms with Crippen LogP contribution in [0.5, 0.6) is 0 Å². The van der Waals surface area contributed by atoms with Gasteiger partial charge in [0.25, 0.3) is 5.91 Å². The van der Waals surface area contributed by atoms with Crippen molar-refractivity contribution in [3.8, 4) is 0 Å². The Kier molecular flexibility index (Phi) is 4.12. The van der Waals surface area contributed by atoms with E-state index in [2.05, 4.69) is 16.4 Å². The van der Waals surface area contributed by atoms with Crippen molar-refractivity contribution >= 4 is 34.6 Å². The van der Waals surface area contributed by atoms with Gasteiger partial charge in [-0.2, -0.15) is 0 Å². The molecule has 0 unspecified atom stereocenters. The number of nitrogens with one attached hydrogen (secondary N) is 1. The van der Waals surface area contributed by atoms with Gasteiger partial charge in [-0.15, -0.1) is 0 Å². The summed E-state index contributed by atoms with van der Waals surface area (Å²) in [6, 6.07) is 19.1. The van der Waals surface area contributed by atoms with E-state index in [0.717, 1.165) is 23.5 Å². The van der Waals surface area contributed by atoms with Crippen LogP contribution in [-0.2, 0) is 6.42 Å². The molecule has 0 fully saturated rings. The third kappa shape index (κ3) is 3.08. The summed E-state index contributed by atoms with van der Waals surface area (Å²) in [6.45, 7) is 0.694. The standard InChI is InChI=1S/C20H16ClN3O/c21-16-6-2-3-7-17(16)23-15-9-10-18(22-13-15)20(25)24-12-11-14-5-1-4-8-19(14)24/h1-10,13,23H,11-12H2. The minimum absolute atomic E-state index is 0.0748. The van der Waals surface area contributed by atoms with Gasteiger partial charge in [-0.1, -0.05) is 41.9 Å². The number of hydrogen-bond donors (Lipinski definition) is 1. The molecule has 1 amide bonds. The second-order valence-corrected chi connectivity index (χ2v) is 6.28. The van der Waals surface area contributed by atoms with Crippen LogP contribution in [0.3, 0.4) is 0 Å². The molecule has 0 aliphatic carbocycles. The normalized spacial score (nSPS) is 12.8. The van der Waals surface area contributed by atoms with Crippen LogP contribution >= 0.6 is 11.6 Å². The van der Waals surface area contributed by atoms with Crippen LogP contribution in [0.2, 0.25) is 5.02 Å². The summed E-state index contributed by atoms with van der Waals surface area (Å²) in [5.41, 5.74) is 4.20. The Hall–Kier alpha value is -2.85. The second-order valence-electron chi connectivity index (χ2n) is 5.87. The number of para-hydroxylation sites is 2. The molecule has 3 aromatic rings. The number of hydrogen-bond acceptors (Lipinski definition) is 3. The topological polar surface area (TPSA) is 45.2 Å². The van der Waals surface area contributed by atoms with Gasteiger partial charge in [0.1, 0.15) is 5.69 Å². The van der Waals surface area contributed by atoms with E-state index >= 15 is 0 Å². The summed E-state index contributed by atoms with van der Waals surface area (Å²) in [5.74, 6) is -0.0748. The predicted octanol–water partition coefficient (Wildman–Crippen LogP) is 4.68. The first-order valence-corrected chi connectivity index (χ1v) is 8.47. The Morgan fingerprint density at radius 3 is 2.64 bits per heavy atom. The van der Waals surface area contributed by atoms with Crippen LogP contribution in [0.4, 0.5) is 17.1 Å². The van der Waals surface area contributed by atoms with E-state index in [9.17, 15) is 4.79 Å². The molecule has 1 N–H and O–H groups in total. The smallest absolute Gasteiger partial charge is 0.276 e. The van der Waals surface area contributed by atoms with E-state index in [1.807, 2.05) is 48.5 Å². The lowest BCUT2D eigenvalue weighted by Gasteiger charge is -2.17. The highest BCUT2D eigenvalue weighted by Gasteiger charge is 2.25. The maximum atomic E-state index is 12.8. The molecule has 1 aliphatic heterocycles. The number of rotatable bonds is 3. The van der Waals surface area contributed by atoms with Gasteiger partial charge in [0.05, 0.1) is 22.6 Å². The van der Waals surface area contributed by atoms with Gasteiger partial charge >= 0.3 is 0 Å². The molecule has 0 saturated heterocycles. The molecule has 1 aliphatic rings. The molecule has 0 bridgehead atoms. The SMILES string of the molecule is O=C(c1ccc(Nc2ccccc2Cl)cn1)N1CCc2ccccc21. The van der Waals surface area contributed by atoms with Crippen LogP contribution in [0.1, 0.15) is 16.1 Å². The first-order valence-electron chi connectivity index (χ1n) is 8.10. The van der Waals surface area contributed by atoms with Crippen molar-refractivity contribution in [2.75, 3.05) is 16.8 Å². The fraction of sp³-hybridized carbons (Fsp3) is 0.100. The molecule has 1 aromatic heterocycles. The summed E-state index contributed by atoms with van der Waals surface area (Å²) in [7, 11) is 0. The molecule has 0 saturated carbocycles. The highest BCUT2D eigenvalue weighted by Crippen LogP contribution is 2.29. The summed E-state index contributed by atoms with van der Waals surface area (Å²) in [4.78, 5) is 18.9. The van der Waals surface area contributed by atoms with E-state index in [1.165, 1.54) is 5.56 Å². The number of halogens is 1. The molecule has 25 heavy (non-hydrogen) atoms. The third-order valence-corrected chi connectivity index (χ3v) is 4.60. The fourth-order valence-electron chi connectivity index (χ4n) is 3.00. The number of nitrogens with zero attached hydrogens (tertiary/aromatic N) is 2. The van der Waals surface area contributed by atoms with Crippen LogP contribution in [0.25, 0.3) is 0 Å². The number of anilines is 3. The average Bonchev–Trinajstić information content (AvgIpc) is 3.08. The van der Waals surface area contributed by atoms with Crippen molar-refractivity contribution in [2.24, 2.45) is 0 Å². The first-order chi connectivity index (χ1) is 12.2. The maximum Gasteiger partial charge on any atom is 0.276 e. The zero-order valence-electron chi connectivity index (χ0n) is 13.4. The Bertz CT molecular complexity index is 924. The molecular weight excluding hydrogens is 334 g/mol. The van der Waals surface area contributed by atoms with Crippen molar-refractivity contribution in [1.82, 2.24) is 4.98 Å². The van der Waals surface area contributed by atoms with Gasteiger partial charge < -0.3 is 10.2 Å². The van der Waals surface area contributed by atoms with Gasteiger partial charge in [-0.3, -0.25) is 4.79 Å². The van der Waals surface area contributed by atoms with Gasteiger partial charge in [0, 0.05) is 12.2 Å². The molecule has 0 spiro atoms. The number of carbonyl (C=O) groups excluding carboxylic acids is 1. The molecule has 4 rings (SSSR count). The number of amides is 1. The second kappa shape index (κ2) is 6.57. The van der Waals surface area contributed by atoms with Crippen molar-refractivity contribution in [3.63, 3.8) is 0 Å². The zero-order chi connectivity index (χ0) is 17.2. The lowest BCUT2D eigenvalue weighted by atomic mass is 10.2. The lowest BCUT2D eigenvalue weighted by molar-refractivity contribution is 0.0984. The summed E-state index contributed by atoms with van der Waals surface area (Å²) < 4.78 is 0. The minimum Gasteiger partial charge on any atom is -0.353 e. The Morgan fingerprint density at radius 2 is 1.84 bits per heavy atom. The zero-order valence-corrected chi connectivity index (χ0v) is 14.2. The number of carbonyl (C=O) groups is 1. The number of fused-ring (bicyclic) bond motifs is 1. The highest BCUT2D eigenvalue weighted by molar-refractivity contribution is 6.33. The van der Waals surface area contributed by atoms with E-state index in [0.29, 0.717) is 17.3 Å². The molecule has 124 valence electrons. The highest BCUT2D eigenvalue weighted by atomic mass is 35.5. The molecule has 4 nitrogen and oxygen atoms in total. The molecule has 2 aromatic carbocycles. The molecule has 0 radical (unpaired) electrons. The summed E-state index contributed by atoms with van der Waals surface area (Å²) in [5, 5.41) is 3.84.